The molecule has 0 saturated carbocycles. The number of methoxy groups -OCH3 is 1. The number of aromatic nitrogens is 2. The molecule has 4 aromatic rings. The number of hydrogen-bond acceptors (Lipinski definition) is 4. The summed E-state index contributed by atoms with van der Waals surface area (Å²) in [5.41, 5.74) is 6.00. The van der Waals surface area contributed by atoms with Gasteiger partial charge < -0.3 is 14.0 Å². The fourth-order valence-electron chi connectivity index (χ4n) is 4.00. The maximum absolute atomic E-state index is 10.3. The third kappa shape index (κ3) is 3.23. The quantitative estimate of drug-likeness (QED) is 0.396. The fourth-order valence-corrected chi connectivity index (χ4v) is 4.00. The summed E-state index contributed by atoms with van der Waals surface area (Å²) in [7, 11) is 3.58. The van der Waals surface area contributed by atoms with Crippen molar-refractivity contribution in [2.24, 2.45) is 7.05 Å². The number of hydrogen-bond donors (Lipinski definition) is 0. The molecule has 5 rings (SSSR count). The van der Waals surface area contributed by atoms with E-state index in [2.05, 4.69) is 6.07 Å². The Morgan fingerprint density at radius 2 is 1.84 bits per heavy atom. The van der Waals surface area contributed by atoms with Crippen molar-refractivity contribution in [3.8, 4) is 17.6 Å². The summed E-state index contributed by atoms with van der Waals surface area (Å²) in [4.78, 5) is 4.77. The molecule has 0 bridgehead atoms. The van der Waals surface area contributed by atoms with Crippen molar-refractivity contribution in [3.05, 3.63) is 95.3 Å². The molecule has 0 spiro atoms. The van der Waals surface area contributed by atoms with Crippen LogP contribution in [0.5, 0.6) is 11.5 Å². The van der Waals surface area contributed by atoms with Crippen LogP contribution in [0.25, 0.3) is 27.9 Å². The minimum absolute atomic E-state index is 0.505. The van der Waals surface area contributed by atoms with Gasteiger partial charge in [-0.2, -0.15) is 5.26 Å². The molecule has 0 unspecified atom stereocenters. The van der Waals surface area contributed by atoms with E-state index in [4.69, 9.17) is 14.5 Å². The van der Waals surface area contributed by atoms with Crippen LogP contribution in [0.3, 0.4) is 0 Å². The summed E-state index contributed by atoms with van der Waals surface area (Å²) < 4.78 is 13.5. The number of fused-ring (bicyclic) bond motifs is 2. The van der Waals surface area contributed by atoms with Crippen molar-refractivity contribution < 1.29 is 9.47 Å². The average molecular weight is 419 g/mol. The molecule has 1 aliphatic rings. The van der Waals surface area contributed by atoms with Crippen molar-refractivity contribution in [1.82, 2.24) is 9.55 Å². The normalized spacial score (nSPS) is 14.2. The molecule has 0 aliphatic carbocycles. The van der Waals surface area contributed by atoms with Gasteiger partial charge in [0.05, 0.1) is 18.1 Å². The lowest BCUT2D eigenvalue weighted by Crippen LogP contribution is -2.07. The second-order valence-corrected chi connectivity index (χ2v) is 7.72. The van der Waals surface area contributed by atoms with Gasteiger partial charge in [-0.25, -0.2) is 4.98 Å². The summed E-state index contributed by atoms with van der Waals surface area (Å²) in [5, 5.41) is 10.3. The van der Waals surface area contributed by atoms with Crippen LogP contribution in [0, 0.1) is 18.3 Å². The van der Waals surface area contributed by atoms with E-state index in [1.165, 1.54) is 0 Å². The summed E-state index contributed by atoms with van der Waals surface area (Å²) in [6.07, 6.45) is 1.93. The molecule has 0 saturated heterocycles. The zero-order valence-corrected chi connectivity index (χ0v) is 18.1. The van der Waals surface area contributed by atoms with Gasteiger partial charge in [0.25, 0.3) is 0 Å². The van der Waals surface area contributed by atoms with Crippen LogP contribution in [-0.2, 0) is 7.05 Å². The summed E-state index contributed by atoms with van der Waals surface area (Å²) in [5.74, 6) is 2.79. The van der Waals surface area contributed by atoms with E-state index in [0.717, 1.165) is 39.0 Å². The first-order valence-electron chi connectivity index (χ1n) is 10.3. The van der Waals surface area contributed by atoms with Gasteiger partial charge in [-0.1, -0.05) is 23.8 Å². The smallest absolute Gasteiger partial charge is 0.152 e. The highest BCUT2D eigenvalue weighted by atomic mass is 16.5. The van der Waals surface area contributed by atoms with Gasteiger partial charge in [-0.05, 0) is 61.5 Å². The molecule has 5 heteroatoms. The van der Waals surface area contributed by atoms with Crippen LogP contribution in [0.2, 0.25) is 0 Å². The maximum Gasteiger partial charge on any atom is 0.152 e. The topological polar surface area (TPSA) is 60.1 Å². The second-order valence-electron chi connectivity index (χ2n) is 7.72. The Morgan fingerprint density at radius 3 is 2.56 bits per heavy atom. The second kappa shape index (κ2) is 7.75. The van der Waals surface area contributed by atoms with Crippen LogP contribution in [0.1, 0.15) is 22.5 Å². The maximum atomic E-state index is 10.3. The molecule has 3 aromatic carbocycles. The van der Waals surface area contributed by atoms with Crippen LogP contribution >= 0.6 is 0 Å². The highest BCUT2D eigenvalue weighted by Gasteiger charge is 2.24. The minimum atomic E-state index is 0.505. The van der Waals surface area contributed by atoms with Crippen LogP contribution in [0.4, 0.5) is 0 Å². The lowest BCUT2D eigenvalue weighted by molar-refractivity contribution is 0.414. The molecule has 1 aliphatic heterocycles. The molecule has 156 valence electrons. The van der Waals surface area contributed by atoms with Gasteiger partial charge in [0.15, 0.2) is 5.82 Å². The van der Waals surface area contributed by atoms with Gasteiger partial charge in [-0.3, -0.25) is 0 Å². The van der Waals surface area contributed by atoms with Gasteiger partial charge in [0, 0.05) is 23.7 Å². The first kappa shape index (κ1) is 19.7. The highest BCUT2D eigenvalue weighted by molar-refractivity contribution is 6.05. The van der Waals surface area contributed by atoms with Crippen molar-refractivity contribution in [2.75, 3.05) is 7.11 Å². The van der Waals surface area contributed by atoms with Gasteiger partial charge in [0.1, 0.15) is 28.9 Å². The van der Waals surface area contributed by atoms with E-state index in [-0.39, 0.29) is 0 Å². The standard InChI is InChI=1S/C27H21N3O2/c1-17-8-13-25-21(14-17)20(15-26(32-25)18-9-11-19(31-3)12-10-18)22(16-28)27-29-23-6-4-5-7-24(23)30(27)2/h4-15H,1-3H3. The molecule has 0 atom stereocenters. The zero-order chi connectivity index (χ0) is 22.2. The molecular formula is C27H21N3O2. The van der Waals surface area contributed by atoms with Crippen molar-refractivity contribution in [2.45, 2.75) is 6.92 Å². The number of rotatable bonds is 3. The van der Waals surface area contributed by atoms with Crippen LogP contribution in [0.15, 0.2) is 72.8 Å². The molecule has 0 fully saturated rings. The Balaban J connectivity index is 1.76. The third-order valence-electron chi connectivity index (χ3n) is 5.69. The van der Waals surface area contributed by atoms with Crippen LogP contribution < -0.4 is 9.47 Å². The number of nitrogens with zero attached hydrogens (tertiary/aromatic N) is 3. The lowest BCUT2D eigenvalue weighted by atomic mass is 9.93. The Labute approximate surface area is 186 Å². The number of para-hydroxylation sites is 2. The number of benzene rings is 3. The van der Waals surface area contributed by atoms with Gasteiger partial charge in [0.2, 0.25) is 0 Å². The first-order valence-corrected chi connectivity index (χ1v) is 10.3. The van der Waals surface area contributed by atoms with E-state index in [9.17, 15) is 5.26 Å². The number of imidazole rings is 1. The molecule has 1 aromatic heterocycles. The summed E-state index contributed by atoms with van der Waals surface area (Å²) in [6.45, 7) is 2.03. The van der Waals surface area contributed by atoms with Crippen molar-refractivity contribution in [1.29, 1.82) is 5.26 Å². The third-order valence-corrected chi connectivity index (χ3v) is 5.69. The Morgan fingerprint density at radius 1 is 1.06 bits per heavy atom. The van der Waals surface area contributed by atoms with E-state index >= 15 is 0 Å². The van der Waals surface area contributed by atoms with Crippen LogP contribution in [-0.4, -0.2) is 16.7 Å². The summed E-state index contributed by atoms with van der Waals surface area (Å²) in [6, 6.07) is 24.0. The SMILES string of the molecule is COc1ccc(C2=CC(=C(C#N)c3nc4ccccc4n3C)c3cc(C)ccc3O2)cc1. The predicted molar refractivity (Wildman–Crippen MR) is 126 cm³/mol. The lowest BCUT2D eigenvalue weighted by Gasteiger charge is -2.22. The Hall–Kier alpha value is -4.30. The molecule has 2 heterocycles. The minimum Gasteiger partial charge on any atom is -0.497 e. The van der Waals surface area contributed by atoms with E-state index < -0.39 is 0 Å². The van der Waals surface area contributed by atoms with E-state index in [1.54, 1.807) is 7.11 Å². The number of ether oxygens (including phenoxy) is 2. The number of allylic oxidation sites excluding steroid dienone is 3. The highest BCUT2D eigenvalue weighted by Crippen LogP contribution is 2.41. The molecule has 0 radical (unpaired) electrons. The number of aryl methyl sites for hydroxylation is 2. The van der Waals surface area contributed by atoms with E-state index in [1.807, 2.05) is 91.3 Å². The zero-order valence-electron chi connectivity index (χ0n) is 18.1. The molecule has 0 N–H and O–H groups in total. The van der Waals surface area contributed by atoms with E-state index in [0.29, 0.717) is 22.9 Å². The molecule has 32 heavy (non-hydrogen) atoms. The summed E-state index contributed by atoms with van der Waals surface area (Å²) >= 11 is 0. The van der Waals surface area contributed by atoms with Gasteiger partial charge in [-0.15, -0.1) is 0 Å². The predicted octanol–water partition coefficient (Wildman–Crippen LogP) is 5.76. The molecule has 0 amide bonds. The Kier molecular flexibility index (Phi) is 4.76. The van der Waals surface area contributed by atoms with Crippen molar-refractivity contribution >= 4 is 27.9 Å². The van der Waals surface area contributed by atoms with Crippen molar-refractivity contribution in [3.63, 3.8) is 0 Å². The first-order chi connectivity index (χ1) is 15.6. The monoisotopic (exact) mass is 419 g/mol. The average Bonchev–Trinajstić information content (AvgIpc) is 3.16. The molecule has 5 nitrogen and oxygen atoms in total. The largest absolute Gasteiger partial charge is 0.497 e. The van der Waals surface area contributed by atoms with Gasteiger partial charge >= 0.3 is 0 Å². The number of nitriles is 1. The fraction of sp³-hybridized carbons (Fsp3) is 0.111. The molecular weight excluding hydrogens is 398 g/mol. The Bertz CT molecular complexity index is 1450.